The maximum atomic E-state index is 14.6. The molecule has 0 unspecified atom stereocenters. The summed E-state index contributed by atoms with van der Waals surface area (Å²) in [5.74, 6) is -0.397. The van der Waals surface area contributed by atoms with Crippen LogP contribution in [0.1, 0.15) is 31.4 Å². The zero-order valence-corrected chi connectivity index (χ0v) is 29.6. The molecule has 0 aliphatic rings. The first-order valence-corrected chi connectivity index (χ1v) is 17.5. The van der Waals surface area contributed by atoms with E-state index in [-0.39, 0.29) is 41.2 Å². The smallest absolute Gasteiger partial charge is 0.264 e. The molecule has 0 saturated carbocycles. The first kappa shape index (κ1) is 36.6. The molecule has 254 valence electrons. The van der Waals surface area contributed by atoms with Gasteiger partial charge < -0.3 is 19.7 Å². The molecule has 4 rings (SSSR count). The van der Waals surface area contributed by atoms with E-state index in [1.165, 1.54) is 49.5 Å². The minimum Gasteiger partial charge on any atom is -0.493 e. The molecular weight excluding hydrogens is 673 g/mol. The number of carbonyl (C=O) groups is 2. The van der Waals surface area contributed by atoms with Crippen LogP contribution in [0.25, 0.3) is 0 Å². The van der Waals surface area contributed by atoms with Crippen molar-refractivity contribution in [3.8, 4) is 11.5 Å². The summed E-state index contributed by atoms with van der Waals surface area (Å²) < 4.78 is 40.4. The third kappa shape index (κ3) is 9.21. The van der Waals surface area contributed by atoms with Gasteiger partial charge in [0.25, 0.3) is 10.0 Å². The zero-order valence-electron chi connectivity index (χ0n) is 27.2. The van der Waals surface area contributed by atoms with Gasteiger partial charge in [-0.3, -0.25) is 13.9 Å². The maximum Gasteiger partial charge on any atom is 0.264 e. The summed E-state index contributed by atoms with van der Waals surface area (Å²) in [6.07, 6.45) is 0.884. The van der Waals surface area contributed by atoms with Crippen LogP contribution in [-0.2, 0) is 32.6 Å². The molecule has 0 bridgehead atoms. The Kier molecular flexibility index (Phi) is 12.7. The number of rotatable bonds is 15. The monoisotopic (exact) mass is 711 g/mol. The predicted octanol–water partition coefficient (Wildman–Crippen LogP) is 6.76. The number of amides is 2. The number of anilines is 1. The van der Waals surface area contributed by atoms with Gasteiger partial charge in [0.05, 0.1) is 24.8 Å². The largest absolute Gasteiger partial charge is 0.493 e. The van der Waals surface area contributed by atoms with E-state index in [0.717, 1.165) is 9.87 Å². The van der Waals surface area contributed by atoms with Crippen LogP contribution in [0.3, 0.4) is 0 Å². The van der Waals surface area contributed by atoms with Gasteiger partial charge in [-0.1, -0.05) is 72.6 Å². The molecule has 2 atom stereocenters. The molecule has 12 heteroatoms. The van der Waals surface area contributed by atoms with Crippen LogP contribution in [0.5, 0.6) is 11.5 Å². The number of hydrogen-bond acceptors (Lipinski definition) is 6. The fraction of sp³-hybridized carbons (Fsp3) is 0.278. The SMILES string of the molecule is CC[C@@H](C)NC(=O)[C@@H](Cc1ccccc1)N(Cc1ccc(Cl)cc1)C(=O)CN(c1ccc(Cl)cc1)S(=O)(=O)c1ccc(OC)c(OC)c1. The number of halogens is 2. The van der Waals surface area contributed by atoms with Crippen LogP contribution < -0.4 is 19.1 Å². The van der Waals surface area contributed by atoms with Crippen molar-refractivity contribution in [3.63, 3.8) is 0 Å². The number of methoxy groups -OCH3 is 2. The second-order valence-corrected chi connectivity index (χ2v) is 13.9. The van der Waals surface area contributed by atoms with Crippen molar-refractivity contribution in [1.29, 1.82) is 0 Å². The molecule has 0 aliphatic heterocycles. The van der Waals surface area contributed by atoms with Gasteiger partial charge in [-0.25, -0.2) is 8.42 Å². The quantitative estimate of drug-likeness (QED) is 0.146. The van der Waals surface area contributed by atoms with Gasteiger partial charge in [0.15, 0.2) is 11.5 Å². The maximum absolute atomic E-state index is 14.6. The van der Waals surface area contributed by atoms with E-state index in [4.69, 9.17) is 32.7 Å². The highest BCUT2D eigenvalue weighted by Gasteiger charge is 2.35. The third-order valence-electron chi connectivity index (χ3n) is 7.87. The molecule has 4 aromatic rings. The molecule has 4 aromatic carbocycles. The molecule has 2 amide bonds. The first-order valence-electron chi connectivity index (χ1n) is 15.3. The molecule has 0 fully saturated rings. The Bertz CT molecular complexity index is 1790. The van der Waals surface area contributed by atoms with Crippen LogP contribution >= 0.6 is 23.2 Å². The number of hydrogen-bond donors (Lipinski definition) is 1. The Morgan fingerprint density at radius 1 is 0.812 bits per heavy atom. The minimum atomic E-state index is -4.37. The van der Waals surface area contributed by atoms with E-state index in [2.05, 4.69) is 5.32 Å². The lowest BCUT2D eigenvalue weighted by atomic mass is 10.0. The minimum absolute atomic E-state index is 0.0201. The number of sulfonamides is 1. The number of ether oxygens (including phenoxy) is 2. The lowest BCUT2D eigenvalue weighted by Crippen LogP contribution is -2.54. The van der Waals surface area contributed by atoms with E-state index >= 15 is 0 Å². The summed E-state index contributed by atoms with van der Waals surface area (Å²) in [5, 5.41) is 3.93. The molecular formula is C36H39Cl2N3O6S. The van der Waals surface area contributed by atoms with E-state index in [1.54, 1.807) is 36.4 Å². The summed E-state index contributed by atoms with van der Waals surface area (Å²) in [7, 11) is -1.52. The van der Waals surface area contributed by atoms with Gasteiger partial charge in [0, 0.05) is 35.1 Å². The summed E-state index contributed by atoms with van der Waals surface area (Å²) >= 11 is 12.3. The second kappa shape index (κ2) is 16.7. The van der Waals surface area contributed by atoms with Crippen molar-refractivity contribution in [3.05, 3.63) is 118 Å². The molecule has 0 spiro atoms. The van der Waals surface area contributed by atoms with Crippen molar-refractivity contribution < 1.29 is 27.5 Å². The molecule has 9 nitrogen and oxygen atoms in total. The van der Waals surface area contributed by atoms with Gasteiger partial charge in [-0.2, -0.15) is 0 Å². The van der Waals surface area contributed by atoms with Crippen molar-refractivity contribution in [1.82, 2.24) is 10.2 Å². The lowest BCUT2D eigenvalue weighted by Gasteiger charge is -2.34. The molecule has 0 heterocycles. The summed E-state index contributed by atoms with van der Waals surface area (Å²) in [5.41, 5.74) is 1.75. The number of benzene rings is 4. The van der Waals surface area contributed by atoms with E-state index in [1.807, 2.05) is 44.2 Å². The average Bonchev–Trinajstić information content (AvgIpc) is 3.09. The summed E-state index contributed by atoms with van der Waals surface area (Å²) in [4.78, 5) is 29.9. The van der Waals surface area contributed by atoms with E-state index in [0.29, 0.717) is 27.8 Å². The number of nitrogens with one attached hydrogen (secondary N) is 1. The number of nitrogens with zero attached hydrogens (tertiary/aromatic N) is 2. The zero-order chi connectivity index (χ0) is 34.8. The van der Waals surface area contributed by atoms with Crippen molar-refractivity contribution in [2.45, 2.75) is 50.2 Å². The Morgan fingerprint density at radius 2 is 1.42 bits per heavy atom. The predicted molar refractivity (Wildman–Crippen MR) is 189 cm³/mol. The Balaban J connectivity index is 1.82. The highest BCUT2D eigenvalue weighted by Crippen LogP contribution is 2.33. The molecule has 0 radical (unpaired) electrons. The molecule has 48 heavy (non-hydrogen) atoms. The van der Waals surface area contributed by atoms with Gasteiger partial charge in [0.2, 0.25) is 11.8 Å². The van der Waals surface area contributed by atoms with Crippen LogP contribution in [0.2, 0.25) is 10.0 Å². The molecule has 0 saturated heterocycles. The second-order valence-electron chi connectivity index (χ2n) is 11.2. The molecule has 1 N–H and O–H groups in total. The Labute approximate surface area is 292 Å². The van der Waals surface area contributed by atoms with Gasteiger partial charge in [0.1, 0.15) is 12.6 Å². The van der Waals surface area contributed by atoms with Crippen molar-refractivity contribution >= 4 is 50.7 Å². The Hall–Kier alpha value is -4.25. The molecule has 0 aromatic heterocycles. The van der Waals surface area contributed by atoms with Crippen LogP contribution in [0.4, 0.5) is 5.69 Å². The van der Waals surface area contributed by atoms with Crippen molar-refractivity contribution in [2.24, 2.45) is 0 Å². The first-order chi connectivity index (χ1) is 23.0. The highest BCUT2D eigenvalue weighted by molar-refractivity contribution is 7.92. The van der Waals surface area contributed by atoms with Gasteiger partial charge in [-0.15, -0.1) is 0 Å². The average molecular weight is 713 g/mol. The molecule has 0 aliphatic carbocycles. The van der Waals surface area contributed by atoms with Gasteiger partial charge in [-0.05, 0) is 73.0 Å². The van der Waals surface area contributed by atoms with E-state index < -0.39 is 28.5 Å². The van der Waals surface area contributed by atoms with Crippen LogP contribution in [-0.4, -0.2) is 58.0 Å². The summed E-state index contributed by atoms with van der Waals surface area (Å²) in [6, 6.07) is 25.5. The topological polar surface area (TPSA) is 105 Å². The lowest BCUT2D eigenvalue weighted by molar-refractivity contribution is -0.140. The Morgan fingerprint density at radius 3 is 2.00 bits per heavy atom. The van der Waals surface area contributed by atoms with Gasteiger partial charge >= 0.3 is 0 Å². The highest BCUT2D eigenvalue weighted by atomic mass is 35.5. The number of carbonyl (C=O) groups excluding carboxylic acids is 2. The fourth-order valence-electron chi connectivity index (χ4n) is 5.02. The van der Waals surface area contributed by atoms with Crippen LogP contribution in [0, 0.1) is 0 Å². The van der Waals surface area contributed by atoms with Crippen molar-refractivity contribution in [2.75, 3.05) is 25.1 Å². The third-order valence-corrected chi connectivity index (χ3v) is 10.1. The normalized spacial score (nSPS) is 12.5. The fourth-order valence-corrected chi connectivity index (χ4v) is 6.70. The standard InChI is InChI=1S/C36H39Cl2N3O6S/c1-5-25(2)39-36(43)32(21-26-9-7-6-8-10-26)40(23-27-11-13-28(37)14-12-27)35(42)24-41(30-17-15-29(38)16-18-30)48(44,45)31-19-20-33(46-3)34(22-31)47-4/h6-20,22,25,32H,5,21,23-24H2,1-4H3,(H,39,43)/t25-,32-/m1/s1. The van der Waals surface area contributed by atoms with Crippen LogP contribution in [0.15, 0.2) is 102 Å². The van der Waals surface area contributed by atoms with E-state index in [9.17, 15) is 18.0 Å². The summed E-state index contributed by atoms with van der Waals surface area (Å²) in [6.45, 7) is 3.25.